The van der Waals surface area contributed by atoms with E-state index < -0.39 is 12.1 Å². The van der Waals surface area contributed by atoms with Gasteiger partial charge in [0.2, 0.25) is 0 Å². The molecule has 0 amide bonds. The molecule has 3 atom stereocenters. The third-order valence-electron chi connectivity index (χ3n) is 7.61. The van der Waals surface area contributed by atoms with E-state index in [1.54, 1.807) is 19.4 Å². The molecule has 36 heavy (non-hydrogen) atoms. The Morgan fingerprint density at radius 2 is 2.11 bits per heavy atom. The average Bonchev–Trinajstić information content (AvgIpc) is 3.29. The number of alkyl halides is 1. The van der Waals surface area contributed by atoms with Crippen LogP contribution >= 0.6 is 0 Å². The number of carbonyl (C=O) groups is 1. The van der Waals surface area contributed by atoms with E-state index in [0.717, 1.165) is 56.2 Å². The third kappa shape index (κ3) is 6.84. The van der Waals surface area contributed by atoms with Gasteiger partial charge in [0, 0.05) is 44.0 Å². The zero-order valence-electron chi connectivity index (χ0n) is 21.4. The minimum absolute atomic E-state index is 0.0619. The standard InChI is InChI=1S/C29H38FN3O3/c1-32-15-11-21(19-32)5-3-4-14-33-16-12-22(23(20-33)17-29(34)35)6-8-27(30)25-10-13-31-28-9-7-24(36-2)18-26(25)28/h7,9-11,13,15,18-19,22-23,27H,3-6,8,12,14,16-17,20H2,1-2H3,(H,34,35)/t22-,23+,27-/m1/s1. The van der Waals surface area contributed by atoms with Crippen LogP contribution in [0.2, 0.25) is 0 Å². The molecule has 0 bridgehead atoms. The van der Waals surface area contributed by atoms with Crippen LogP contribution in [0.3, 0.4) is 0 Å². The van der Waals surface area contributed by atoms with Crippen LogP contribution in [-0.2, 0) is 18.3 Å². The lowest BCUT2D eigenvalue weighted by Gasteiger charge is -2.38. The predicted octanol–water partition coefficient (Wildman–Crippen LogP) is 5.81. The molecule has 194 valence electrons. The number of rotatable bonds is 12. The molecule has 1 aliphatic rings. The zero-order chi connectivity index (χ0) is 25.5. The zero-order valence-corrected chi connectivity index (χ0v) is 21.4. The highest BCUT2D eigenvalue weighted by Gasteiger charge is 2.31. The van der Waals surface area contributed by atoms with Gasteiger partial charge < -0.3 is 19.3 Å². The second kappa shape index (κ2) is 12.3. The summed E-state index contributed by atoms with van der Waals surface area (Å²) < 4.78 is 22.9. The van der Waals surface area contributed by atoms with Gasteiger partial charge in [-0.1, -0.05) is 0 Å². The molecule has 0 saturated carbocycles. The van der Waals surface area contributed by atoms with Gasteiger partial charge in [0.05, 0.1) is 12.6 Å². The van der Waals surface area contributed by atoms with Crippen molar-refractivity contribution in [1.82, 2.24) is 14.5 Å². The van der Waals surface area contributed by atoms with Crippen molar-refractivity contribution >= 4 is 16.9 Å². The molecule has 4 rings (SSSR count). The van der Waals surface area contributed by atoms with Crippen molar-refractivity contribution in [3.05, 3.63) is 60.0 Å². The fourth-order valence-electron chi connectivity index (χ4n) is 5.63. The number of benzene rings is 1. The summed E-state index contributed by atoms with van der Waals surface area (Å²) in [5, 5.41) is 10.3. The number of aliphatic carboxylic acids is 1. The number of hydrogen-bond donors (Lipinski definition) is 1. The fourth-order valence-corrected chi connectivity index (χ4v) is 5.63. The van der Waals surface area contributed by atoms with Crippen LogP contribution in [-0.4, -0.2) is 52.3 Å². The molecule has 3 heterocycles. The maximum atomic E-state index is 15.5. The van der Waals surface area contributed by atoms with Gasteiger partial charge >= 0.3 is 5.97 Å². The normalized spacial score (nSPS) is 19.4. The number of nitrogens with zero attached hydrogens (tertiary/aromatic N) is 3. The number of ether oxygens (including phenoxy) is 1. The number of piperidine rings is 1. The molecule has 0 unspecified atom stereocenters. The first-order valence-electron chi connectivity index (χ1n) is 13.0. The number of unbranched alkanes of at least 4 members (excludes halogenated alkanes) is 1. The van der Waals surface area contributed by atoms with E-state index >= 15 is 4.39 Å². The minimum Gasteiger partial charge on any atom is -0.497 e. The highest BCUT2D eigenvalue weighted by Crippen LogP contribution is 2.36. The summed E-state index contributed by atoms with van der Waals surface area (Å²) in [4.78, 5) is 18.4. The maximum Gasteiger partial charge on any atom is 0.303 e. The Bertz CT molecular complexity index is 1150. The predicted molar refractivity (Wildman–Crippen MR) is 140 cm³/mol. The van der Waals surface area contributed by atoms with Gasteiger partial charge in [-0.25, -0.2) is 4.39 Å². The summed E-state index contributed by atoms with van der Waals surface area (Å²) in [5.74, 6) is 0.205. The van der Waals surface area contributed by atoms with E-state index in [1.165, 1.54) is 5.56 Å². The van der Waals surface area contributed by atoms with Crippen LogP contribution in [0.15, 0.2) is 48.9 Å². The van der Waals surface area contributed by atoms with Crippen LogP contribution in [0, 0.1) is 11.8 Å². The number of likely N-dealkylation sites (tertiary alicyclic amines) is 1. The van der Waals surface area contributed by atoms with Crippen LogP contribution in [0.4, 0.5) is 4.39 Å². The summed E-state index contributed by atoms with van der Waals surface area (Å²) in [6, 6.07) is 9.44. The monoisotopic (exact) mass is 495 g/mol. The van der Waals surface area contributed by atoms with Crippen LogP contribution < -0.4 is 4.74 Å². The molecule has 1 N–H and O–H groups in total. The van der Waals surface area contributed by atoms with Gasteiger partial charge in [-0.05, 0) is 105 Å². The second-order valence-electron chi connectivity index (χ2n) is 10.2. The SMILES string of the molecule is COc1ccc2nccc([C@H](F)CC[C@@H]3CCN(CCCCc4ccn(C)c4)C[C@@H]3CC(=O)O)c2c1. The number of carboxylic acids is 1. The van der Waals surface area contributed by atoms with Crippen molar-refractivity contribution in [3.63, 3.8) is 0 Å². The van der Waals surface area contributed by atoms with Gasteiger partial charge in [0.25, 0.3) is 0 Å². The Balaban J connectivity index is 1.31. The smallest absolute Gasteiger partial charge is 0.303 e. The number of aryl methyl sites for hydroxylation is 2. The molecular weight excluding hydrogens is 457 g/mol. The van der Waals surface area contributed by atoms with Crippen molar-refractivity contribution in [3.8, 4) is 5.75 Å². The molecule has 1 aliphatic heterocycles. The second-order valence-corrected chi connectivity index (χ2v) is 10.2. The molecule has 0 radical (unpaired) electrons. The quantitative estimate of drug-likeness (QED) is 0.321. The van der Waals surface area contributed by atoms with Crippen molar-refractivity contribution in [1.29, 1.82) is 0 Å². The lowest BCUT2D eigenvalue weighted by Crippen LogP contribution is -2.41. The number of methoxy groups -OCH3 is 1. The summed E-state index contributed by atoms with van der Waals surface area (Å²) in [6.45, 7) is 2.74. The van der Waals surface area contributed by atoms with E-state index in [4.69, 9.17) is 4.74 Å². The molecule has 3 aromatic rings. The lowest BCUT2D eigenvalue weighted by molar-refractivity contribution is -0.139. The molecule has 6 nitrogen and oxygen atoms in total. The number of hydrogen-bond acceptors (Lipinski definition) is 4. The Morgan fingerprint density at radius 3 is 2.86 bits per heavy atom. The summed E-state index contributed by atoms with van der Waals surface area (Å²) in [6.07, 6.45) is 10.2. The van der Waals surface area contributed by atoms with Crippen LogP contribution in [0.25, 0.3) is 10.9 Å². The summed E-state index contributed by atoms with van der Waals surface area (Å²) in [5.41, 5.74) is 2.74. The van der Waals surface area contributed by atoms with E-state index in [9.17, 15) is 9.90 Å². The highest BCUT2D eigenvalue weighted by molar-refractivity contribution is 5.83. The minimum atomic E-state index is -1.12. The van der Waals surface area contributed by atoms with Crippen molar-refractivity contribution < 1.29 is 19.0 Å². The van der Waals surface area contributed by atoms with Gasteiger partial charge in [0.1, 0.15) is 11.9 Å². The fraction of sp³-hybridized carbons (Fsp3) is 0.517. The summed E-state index contributed by atoms with van der Waals surface area (Å²) >= 11 is 0. The molecule has 1 saturated heterocycles. The molecule has 0 spiro atoms. The molecule has 2 aromatic heterocycles. The molecular formula is C29H38FN3O3. The lowest BCUT2D eigenvalue weighted by atomic mass is 9.79. The Hall–Kier alpha value is -2.93. The number of fused-ring (bicyclic) bond motifs is 1. The van der Waals surface area contributed by atoms with Crippen LogP contribution in [0.1, 0.15) is 55.8 Å². The number of pyridine rings is 1. The highest BCUT2D eigenvalue weighted by atomic mass is 19.1. The first-order chi connectivity index (χ1) is 17.4. The molecule has 7 heteroatoms. The Kier molecular flexibility index (Phi) is 8.97. The first kappa shape index (κ1) is 26.1. The summed E-state index contributed by atoms with van der Waals surface area (Å²) in [7, 11) is 3.64. The first-order valence-corrected chi connectivity index (χ1v) is 13.0. The topological polar surface area (TPSA) is 67.6 Å². The van der Waals surface area contributed by atoms with E-state index in [0.29, 0.717) is 24.2 Å². The number of carboxylic acid groups (broad SMARTS) is 1. The Morgan fingerprint density at radius 1 is 1.25 bits per heavy atom. The Labute approximate surface area is 213 Å². The van der Waals surface area contributed by atoms with Gasteiger partial charge in [-0.2, -0.15) is 0 Å². The van der Waals surface area contributed by atoms with Crippen molar-refractivity contribution in [2.45, 2.75) is 51.1 Å². The largest absolute Gasteiger partial charge is 0.497 e. The van der Waals surface area contributed by atoms with E-state index in [-0.39, 0.29) is 18.3 Å². The molecule has 1 aromatic carbocycles. The van der Waals surface area contributed by atoms with Gasteiger partial charge in [-0.15, -0.1) is 0 Å². The third-order valence-corrected chi connectivity index (χ3v) is 7.61. The van der Waals surface area contributed by atoms with Gasteiger partial charge in [0.15, 0.2) is 0 Å². The molecule has 1 fully saturated rings. The van der Waals surface area contributed by atoms with Crippen molar-refractivity contribution in [2.75, 3.05) is 26.7 Å². The van der Waals surface area contributed by atoms with Crippen molar-refractivity contribution in [2.24, 2.45) is 18.9 Å². The van der Waals surface area contributed by atoms with Crippen LogP contribution in [0.5, 0.6) is 5.75 Å². The average molecular weight is 496 g/mol. The van der Waals surface area contributed by atoms with Gasteiger partial charge in [-0.3, -0.25) is 9.78 Å². The maximum absolute atomic E-state index is 15.5. The van der Waals surface area contributed by atoms with E-state index in [2.05, 4.69) is 32.9 Å². The number of aromatic nitrogens is 2. The van der Waals surface area contributed by atoms with E-state index in [1.807, 2.05) is 25.2 Å². The number of halogens is 1. The molecule has 0 aliphatic carbocycles.